The second-order valence-electron chi connectivity index (χ2n) is 9.06. The molecule has 1 fully saturated rings. The van der Waals surface area contributed by atoms with Crippen molar-refractivity contribution in [3.05, 3.63) is 77.0 Å². The van der Waals surface area contributed by atoms with E-state index in [-0.39, 0.29) is 12.6 Å². The first-order chi connectivity index (χ1) is 17.1. The van der Waals surface area contributed by atoms with Gasteiger partial charge in [-0.1, -0.05) is 42.5 Å². The minimum Gasteiger partial charge on any atom is -0.494 e. The standard InChI is InChI=1S/C28H35N3O4/c1-3-34-23-12-10-22(11-13-23)26-25(27(32)35-4-2)24(29-28(33)30-26)19-31-16-14-21(15-17-31)18-20-8-6-5-7-9-20/h5-13,21,26H,3-4,14-19H2,1-2H3,(H2,29,30,33)/t26-/m1/s1. The lowest BCUT2D eigenvalue weighted by molar-refractivity contribution is -0.139. The number of hydrogen-bond donors (Lipinski definition) is 2. The molecule has 0 aliphatic carbocycles. The highest BCUT2D eigenvalue weighted by atomic mass is 16.5. The third kappa shape index (κ3) is 6.42. The number of hydrogen-bond acceptors (Lipinski definition) is 5. The maximum Gasteiger partial charge on any atom is 0.338 e. The van der Waals surface area contributed by atoms with Crippen molar-refractivity contribution in [3.63, 3.8) is 0 Å². The molecule has 0 radical (unpaired) electrons. The Labute approximate surface area is 207 Å². The molecule has 2 aliphatic heterocycles. The summed E-state index contributed by atoms with van der Waals surface area (Å²) in [5.74, 6) is 0.982. The van der Waals surface area contributed by atoms with Gasteiger partial charge in [-0.2, -0.15) is 0 Å². The SMILES string of the molecule is CCOC(=O)C1=C(CN2CCC(Cc3ccccc3)CC2)NC(=O)N[C@@H]1c1ccc(OCC)cc1. The summed E-state index contributed by atoms with van der Waals surface area (Å²) in [6, 6.07) is 17.2. The minimum atomic E-state index is -0.580. The fourth-order valence-electron chi connectivity index (χ4n) is 4.89. The molecule has 2 aromatic rings. The third-order valence-electron chi connectivity index (χ3n) is 6.63. The second-order valence-corrected chi connectivity index (χ2v) is 9.06. The molecule has 0 spiro atoms. The molecular formula is C28H35N3O4. The number of piperidine rings is 1. The molecule has 1 atom stereocenters. The zero-order chi connectivity index (χ0) is 24.6. The molecule has 0 bridgehead atoms. The van der Waals surface area contributed by atoms with Crippen LogP contribution >= 0.6 is 0 Å². The van der Waals surface area contributed by atoms with Gasteiger partial charge >= 0.3 is 12.0 Å². The lowest BCUT2D eigenvalue weighted by atomic mass is 9.89. The van der Waals surface area contributed by atoms with Crippen LogP contribution in [0.25, 0.3) is 0 Å². The summed E-state index contributed by atoms with van der Waals surface area (Å²) in [6.45, 7) is 6.92. The van der Waals surface area contributed by atoms with Crippen LogP contribution in [0.5, 0.6) is 5.75 Å². The number of esters is 1. The molecular weight excluding hydrogens is 442 g/mol. The van der Waals surface area contributed by atoms with Gasteiger partial charge in [-0.25, -0.2) is 9.59 Å². The number of nitrogens with one attached hydrogen (secondary N) is 2. The van der Waals surface area contributed by atoms with Gasteiger partial charge < -0.3 is 20.1 Å². The van der Waals surface area contributed by atoms with Gasteiger partial charge in [0.1, 0.15) is 5.75 Å². The number of carbonyl (C=O) groups is 2. The highest BCUT2D eigenvalue weighted by Gasteiger charge is 2.34. The van der Waals surface area contributed by atoms with Crippen molar-refractivity contribution in [2.24, 2.45) is 5.92 Å². The molecule has 186 valence electrons. The van der Waals surface area contributed by atoms with Crippen molar-refractivity contribution < 1.29 is 19.1 Å². The summed E-state index contributed by atoms with van der Waals surface area (Å²) in [4.78, 5) is 28.0. The first-order valence-corrected chi connectivity index (χ1v) is 12.5. The zero-order valence-corrected chi connectivity index (χ0v) is 20.6. The molecule has 4 rings (SSSR count). The topological polar surface area (TPSA) is 79.9 Å². The Morgan fingerprint density at radius 3 is 2.37 bits per heavy atom. The average molecular weight is 478 g/mol. The molecule has 0 aromatic heterocycles. The summed E-state index contributed by atoms with van der Waals surface area (Å²) in [7, 11) is 0. The van der Waals surface area contributed by atoms with E-state index in [2.05, 4.69) is 45.9 Å². The zero-order valence-electron chi connectivity index (χ0n) is 20.6. The van der Waals surface area contributed by atoms with E-state index in [0.29, 0.717) is 30.3 Å². The van der Waals surface area contributed by atoms with Crippen molar-refractivity contribution in [1.29, 1.82) is 0 Å². The molecule has 7 heteroatoms. The second kappa shape index (κ2) is 11.9. The number of amides is 2. The number of likely N-dealkylation sites (tertiary alicyclic amines) is 1. The van der Waals surface area contributed by atoms with E-state index in [1.807, 2.05) is 31.2 Å². The lowest BCUT2D eigenvalue weighted by Gasteiger charge is -2.35. The van der Waals surface area contributed by atoms with Gasteiger partial charge in [0.15, 0.2) is 0 Å². The number of nitrogens with zero attached hydrogens (tertiary/aromatic N) is 1. The fourth-order valence-corrected chi connectivity index (χ4v) is 4.89. The third-order valence-corrected chi connectivity index (χ3v) is 6.63. The van der Waals surface area contributed by atoms with Crippen LogP contribution in [-0.2, 0) is 16.0 Å². The molecule has 1 saturated heterocycles. The van der Waals surface area contributed by atoms with Crippen LogP contribution in [0.2, 0.25) is 0 Å². The summed E-state index contributed by atoms with van der Waals surface area (Å²) < 4.78 is 10.9. The van der Waals surface area contributed by atoms with Gasteiger partial charge in [0.25, 0.3) is 0 Å². The fraction of sp³-hybridized carbons (Fsp3) is 0.429. The monoisotopic (exact) mass is 477 g/mol. The van der Waals surface area contributed by atoms with Crippen molar-refractivity contribution >= 4 is 12.0 Å². The van der Waals surface area contributed by atoms with Crippen LogP contribution < -0.4 is 15.4 Å². The predicted molar refractivity (Wildman–Crippen MR) is 135 cm³/mol. The largest absolute Gasteiger partial charge is 0.494 e. The first-order valence-electron chi connectivity index (χ1n) is 12.5. The minimum absolute atomic E-state index is 0.268. The molecule has 2 N–H and O–H groups in total. The van der Waals surface area contributed by atoms with E-state index in [9.17, 15) is 9.59 Å². The Hall–Kier alpha value is -3.32. The maximum atomic E-state index is 13.1. The Balaban J connectivity index is 1.50. The highest BCUT2D eigenvalue weighted by molar-refractivity contribution is 5.95. The van der Waals surface area contributed by atoms with Gasteiger partial charge in [0, 0.05) is 12.2 Å². The van der Waals surface area contributed by atoms with E-state index in [1.54, 1.807) is 6.92 Å². The average Bonchev–Trinajstić information content (AvgIpc) is 2.86. The van der Waals surface area contributed by atoms with Crippen LogP contribution in [-0.4, -0.2) is 49.7 Å². The Morgan fingerprint density at radius 1 is 1.00 bits per heavy atom. The molecule has 7 nitrogen and oxygen atoms in total. The van der Waals surface area contributed by atoms with Crippen LogP contribution in [0.1, 0.15) is 43.9 Å². The molecule has 2 aliphatic rings. The summed E-state index contributed by atoms with van der Waals surface area (Å²) >= 11 is 0. The van der Waals surface area contributed by atoms with Crippen molar-refractivity contribution in [2.45, 2.75) is 39.2 Å². The maximum absolute atomic E-state index is 13.1. The number of ether oxygens (including phenoxy) is 2. The van der Waals surface area contributed by atoms with Gasteiger partial charge in [0.05, 0.1) is 24.8 Å². The van der Waals surface area contributed by atoms with Crippen LogP contribution in [0.15, 0.2) is 65.9 Å². The smallest absolute Gasteiger partial charge is 0.338 e. The number of carbonyl (C=O) groups excluding carboxylic acids is 2. The number of urea groups is 1. The summed E-state index contributed by atoms with van der Waals surface area (Å²) in [5, 5.41) is 5.80. The molecule has 2 heterocycles. The number of benzene rings is 2. The first kappa shape index (κ1) is 24.8. The van der Waals surface area contributed by atoms with E-state index in [0.717, 1.165) is 43.7 Å². The molecule has 0 saturated carbocycles. The lowest BCUT2D eigenvalue weighted by Crippen LogP contribution is -2.49. The predicted octanol–water partition coefficient (Wildman–Crippen LogP) is 4.21. The normalized spacial score (nSPS) is 19.1. The highest BCUT2D eigenvalue weighted by Crippen LogP contribution is 2.30. The Kier molecular flexibility index (Phi) is 8.42. The summed E-state index contributed by atoms with van der Waals surface area (Å²) in [6.07, 6.45) is 3.27. The molecule has 2 amide bonds. The van der Waals surface area contributed by atoms with Crippen molar-refractivity contribution in [3.8, 4) is 5.75 Å². The Bertz CT molecular complexity index is 1030. The van der Waals surface area contributed by atoms with Gasteiger partial charge in [-0.05, 0) is 75.4 Å². The Morgan fingerprint density at radius 2 is 1.71 bits per heavy atom. The van der Waals surface area contributed by atoms with Crippen LogP contribution in [0.4, 0.5) is 4.79 Å². The van der Waals surface area contributed by atoms with Gasteiger partial charge in [-0.15, -0.1) is 0 Å². The van der Waals surface area contributed by atoms with Gasteiger partial charge in [0.2, 0.25) is 0 Å². The van der Waals surface area contributed by atoms with E-state index < -0.39 is 12.0 Å². The van der Waals surface area contributed by atoms with Crippen LogP contribution in [0.3, 0.4) is 0 Å². The molecule has 0 unspecified atom stereocenters. The van der Waals surface area contributed by atoms with Crippen molar-refractivity contribution in [1.82, 2.24) is 15.5 Å². The van der Waals surface area contributed by atoms with Gasteiger partial charge in [-0.3, -0.25) is 4.90 Å². The molecule has 35 heavy (non-hydrogen) atoms. The van der Waals surface area contributed by atoms with Crippen LogP contribution in [0, 0.1) is 5.92 Å². The molecule has 2 aromatic carbocycles. The van der Waals surface area contributed by atoms with E-state index in [4.69, 9.17) is 9.47 Å². The number of rotatable bonds is 9. The van der Waals surface area contributed by atoms with Crippen molar-refractivity contribution in [2.75, 3.05) is 32.8 Å². The quantitative estimate of drug-likeness (QED) is 0.529. The summed E-state index contributed by atoms with van der Waals surface area (Å²) in [5.41, 5.74) is 3.27. The van der Waals surface area contributed by atoms with E-state index >= 15 is 0 Å². The van der Waals surface area contributed by atoms with E-state index in [1.165, 1.54) is 5.56 Å².